The van der Waals surface area contributed by atoms with Crippen LogP contribution in [0.25, 0.3) is 0 Å². The molecule has 1 aliphatic heterocycles. The summed E-state index contributed by atoms with van der Waals surface area (Å²) in [5.74, 6) is -0.105. The van der Waals surface area contributed by atoms with Crippen LogP contribution in [0.4, 0.5) is 4.79 Å². The van der Waals surface area contributed by atoms with Gasteiger partial charge in [0.1, 0.15) is 10.6 Å². The maximum atomic E-state index is 12.0. The number of carbonyl (C=O) groups excluding carboxylic acids is 1. The van der Waals surface area contributed by atoms with E-state index in [1.54, 1.807) is 4.90 Å². The molecule has 0 spiro atoms. The number of hydrogen-bond acceptors (Lipinski definition) is 5. The second-order valence-corrected chi connectivity index (χ2v) is 6.78. The summed E-state index contributed by atoms with van der Waals surface area (Å²) in [6.07, 6.45) is -0.944. The number of aliphatic hydroxyl groups excluding tert-OH is 1. The average molecular weight is 284 g/mol. The summed E-state index contributed by atoms with van der Waals surface area (Å²) in [4.78, 5) is 17.9. The van der Waals surface area contributed by atoms with Gasteiger partial charge in [-0.15, -0.1) is 11.3 Å². The minimum atomic E-state index is -0.571. The Hall–Kier alpha value is -1.14. The van der Waals surface area contributed by atoms with Crippen LogP contribution < -0.4 is 0 Å². The van der Waals surface area contributed by atoms with Gasteiger partial charge in [-0.25, -0.2) is 9.78 Å². The van der Waals surface area contributed by atoms with Crippen molar-refractivity contribution in [3.8, 4) is 0 Å². The molecule has 6 heteroatoms. The van der Waals surface area contributed by atoms with Gasteiger partial charge in [-0.1, -0.05) is 0 Å². The van der Waals surface area contributed by atoms with Crippen molar-refractivity contribution < 1.29 is 14.6 Å². The number of carbonyl (C=O) groups is 1. The van der Waals surface area contributed by atoms with Gasteiger partial charge < -0.3 is 14.7 Å². The fourth-order valence-corrected chi connectivity index (χ4v) is 2.99. The first-order valence-corrected chi connectivity index (χ1v) is 7.22. The highest BCUT2D eigenvalue weighted by atomic mass is 32.1. The van der Waals surface area contributed by atoms with Gasteiger partial charge in [0, 0.05) is 17.6 Å². The Kier molecular flexibility index (Phi) is 3.82. The summed E-state index contributed by atoms with van der Waals surface area (Å²) in [6.45, 7) is 8.19. The number of β-amino-alcohol motifs (C(OH)–C–C–N with tert-alkyl or cyclic N) is 1. The van der Waals surface area contributed by atoms with Crippen LogP contribution in [0.1, 0.15) is 37.4 Å². The average Bonchev–Trinajstić information content (AvgIpc) is 2.82. The van der Waals surface area contributed by atoms with Crippen LogP contribution in [-0.2, 0) is 4.74 Å². The van der Waals surface area contributed by atoms with Crippen molar-refractivity contribution in [3.63, 3.8) is 0 Å². The van der Waals surface area contributed by atoms with Gasteiger partial charge >= 0.3 is 6.09 Å². The summed E-state index contributed by atoms with van der Waals surface area (Å²) in [5.41, 5.74) is 0.431. The highest BCUT2D eigenvalue weighted by Gasteiger charge is 2.38. The molecule has 106 valence electrons. The molecule has 2 atom stereocenters. The molecule has 1 aromatic rings. The Bertz CT molecular complexity index is 467. The normalized spacial score (nSPS) is 23.7. The van der Waals surface area contributed by atoms with Gasteiger partial charge in [0.2, 0.25) is 0 Å². The van der Waals surface area contributed by atoms with E-state index in [0.717, 1.165) is 10.7 Å². The van der Waals surface area contributed by atoms with E-state index in [4.69, 9.17) is 4.74 Å². The molecule has 0 aromatic carbocycles. The minimum absolute atomic E-state index is 0.105. The van der Waals surface area contributed by atoms with E-state index in [0.29, 0.717) is 13.1 Å². The highest BCUT2D eigenvalue weighted by Crippen LogP contribution is 2.30. The zero-order valence-corrected chi connectivity index (χ0v) is 12.5. The number of aryl methyl sites for hydroxylation is 1. The monoisotopic (exact) mass is 284 g/mol. The highest BCUT2D eigenvalue weighted by molar-refractivity contribution is 7.09. The molecular formula is C13H20N2O3S. The number of rotatable bonds is 1. The first-order valence-electron chi connectivity index (χ1n) is 6.34. The zero-order chi connectivity index (χ0) is 14.2. The predicted molar refractivity (Wildman–Crippen MR) is 73.4 cm³/mol. The lowest BCUT2D eigenvalue weighted by Gasteiger charge is -2.24. The van der Waals surface area contributed by atoms with Crippen LogP contribution in [0.3, 0.4) is 0 Å². The molecule has 0 saturated carbocycles. The van der Waals surface area contributed by atoms with E-state index in [2.05, 4.69) is 4.98 Å². The lowest BCUT2D eigenvalue weighted by atomic mass is 10.1. The topological polar surface area (TPSA) is 62.7 Å². The molecule has 1 saturated heterocycles. The van der Waals surface area contributed by atoms with E-state index in [1.165, 1.54) is 11.3 Å². The molecule has 2 unspecified atom stereocenters. The number of aromatic nitrogens is 1. The second-order valence-electron chi connectivity index (χ2n) is 5.89. The Balaban J connectivity index is 2.03. The standard InChI is InChI=1S/C13H20N2O3S/c1-8-7-19-11(14-8)9-5-15(6-10(9)16)12(17)18-13(2,3)4/h7,9-10,16H,5-6H2,1-4H3. The maximum Gasteiger partial charge on any atom is 0.410 e. The fraction of sp³-hybridized carbons (Fsp3) is 0.692. The molecule has 0 aliphatic carbocycles. The molecule has 19 heavy (non-hydrogen) atoms. The SMILES string of the molecule is Cc1csc(C2CN(C(=O)OC(C)(C)C)CC2O)n1. The smallest absolute Gasteiger partial charge is 0.410 e. The molecule has 5 nitrogen and oxygen atoms in total. The van der Waals surface area contributed by atoms with Crippen LogP contribution in [0.2, 0.25) is 0 Å². The third-order valence-corrected chi connectivity index (χ3v) is 3.99. The van der Waals surface area contributed by atoms with Crippen molar-refractivity contribution in [2.75, 3.05) is 13.1 Å². The van der Waals surface area contributed by atoms with Gasteiger partial charge in [0.25, 0.3) is 0 Å². The summed E-state index contributed by atoms with van der Waals surface area (Å²) >= 11 is 1.53. The Morgan fingerprint density at radius 1 is 1.53 bits per heavy atom. The van der Waals surface area contributed by atoms with Crippen molar-refractivity contribution in [1.29, 1.82) is 0 Å². The second kappa shape index (κ2) is 5.09. The van der Waals surface area contributed by atoms with Gasteiger partial charge in [-0.05, 0) is 27.7 Å². The number of nitrogens with zero attached hydrogens (tertiary/aromatic N) is 2. The van der Waals surface area contributed by atoms with E-state index in [9.17, 15) is 9.90 Å². The minimum Gasteiger partial charge on any atom is -0.444 e. The summed E-state index contributed by atoms with van der Waals surface area (Å²) in [5, 5.41) is 12.9. The van der Waals surface area contributed by atoms with E-state index < -0.39 is 11.7 Å². The first-order chi connectivity index (χ1) is 8.76. The van der Waals surface area contributed by atoms with Crippen LogP contribution in [-0.4, -0.2) is 45.9 Å². The molecule has 1 amide bonds. The van der Waals surface area contributed by atoms with Crippen LogP contribution in [0.5, 0.6) is 0 Å². The largest absolute Gasteiger partial charge is 0.444 e. The third-order valence-electron chi connectivity index (χ3n) is 2.89. The Labute approximate surface area is 117 Å². The molecule has 1 N–H and O–H groups in total. The van der Waals surface area contributed by atoms with Gasteiger partial charge in [0.15, 0.2) is 0 Å². The molecular weight excluding hydrogens is 264 g/mol. The fourth-order valence-electron chi connectivity index (χ4n) is 2.05. The number of aliphatic hydroxyl groups is 1. The molecule has 2 heterocycles. The summed E-state index contributed by atoms with van der Waals surface area (Å²) in [7, 11) is 0. The summed E-state index contributed by atoms with van der Waals surface area (Å²) in [6, 6.07) is 0. The van der Waals surface area contributed by atoms with Gasteiger partial charge in [-0.2, -0.15) is 0 Å². The summed E-state index contributed by atoms with van der Waals surface area (Å²) < 4.78 is 5.32. The first kappa shape index (κ1) is 14.3. The number of amides is 1. The maximum absolute atomic E-state index is 12.0. The van der Waals surface area contributed by atoms with E-state index in [-0.39, 0.29) is 12.0 Å². The van der Waals surface area contributed by atoms with Crippen molar-refractivity contribution in [2.24, 2.45) is 0 Å². The number of thiazole rings is 1. The predicted octanol–water partition coefficient (Wildman–Crippen LogP) is 2.15. The molecule has 1 aromatic heterocycles. The number of ether oxygens (including phenoxy) is 1. The van der Waals surface area contributed by atoms with Crippen molar-refractivity contribution >= 4 is 17.4 Å². The molecule has 0 bridgehead atoms. The quantitative estimate of drug-likeness (QED) is 0.858. The van der Waals surface area contributed by atoms with E-state index >= 15 is 0 Å². The lowest BCUT2D eigenvalue weighted by Crippen LogP contribution is -2.35. The van der Waals surface area contributed by atoms with Crippen LogP contribution in [0.15, 0.2) is 5.38 Å². The molecule has 1 aliphatic rings. The van der Waals surface area contributed by atoms with Crippen LogP contribution >= 0.6 is 11.3 Å². The Morgan fingerprint density at radius 3 is 2.74 bits per heavy atom. The number of likely N-dealkylation sites (tertiary alicyclic amines) is 1. The molecule has 0 radical (unpaired) electrons. The third kappa shape index (κ3) is 3.45. The van der Waals surface area contributed by atoms with Crippen molar-refractivity contribution in [1.82, 2.24) is 9.88 Å². The van der Waals surface area contributed by atoms with Crippen molar-refractivity contribution in [2.45, 2.75) is 45.3 Å². The Morgan fingerprint density at radius 2 is 2.21 bits per heavy atom. The van der Waals surface area contributed by atoms with Gasteiger partial charge in [0.05, 0.1) is 18.6 Å². The zero-order valence-electron chi connectivity index (χ0n) is 11.7. The van der Waals surface area contributed by atoms with Gasteiger partial charge in [-0.3, -0.25) is 0 Å². The lowest BCUT2D eigenvalue weighted by molar-refractivity contribution is 0.0270. The molecule has 2 rings (SSSR count). The van der Waals surface area contributed by atoms with E-state index in [1.807, 2.05) is 33.1 Å². The number of hydrogen-bond donors (Lipinski definition) is 1. The van der Waals surface area contributed by atoms with Crippen LogP contribution in [0, 0.1) is 6.92 Å². The van der Waals surface area contributed by atoms with Crippen molar-refractivity contribution in [3.05, 3.63) is 16.1 Å². The molecule has 1 fully saturated rings.